The van der Waals surface area contributed by atoms with E-state index in [1.807, 2.05) is 38.1 Å². The normalized spacial score (nSPS) is 22.7. The number of rotatable bonds is 5. The number of carbonyl (C=O) groups excluding carboxylic acids is 1. The number of benzene rings is 2. The molecule has 0 saturated carbocycles. The zero-order valence-electron chi connectivity index (χ0n) is 16.1. The first-order chi connectivity index (χ1) is 13.8. The van der Waals surface area contributed by atoms with Crippen LogP contribution in [0.25, 0.3) is 0 Å². The molecule has 0 spiro atoms. The molecule has 0 bridgehead atoms. The molecule has 0 aliphatic carbocycles. The molecule has 1 saturated heterocycles. The first-order valence-electron chi connectivity index (χ1n) is 9.26. The maximum atomic E-state index is 12.9. The number of carbonyl (C=O) groups is 1. The summed E-state index contributed by atoms with van der Waals surface area (Å²) in [6, 6.07) is 17.1. The van der Waals surface area contributed by atoms with E-state index < -0.39 is 4.08 Å². The van der Waals surface area contributed by atoms with Crippen LogP contribution in [0, 0.1) is 17.2 Å². The van der Waals surface area contributed by atoms with E-state index in [0.717, 1.165) is 11.1 Å². The van der Waals surface area contributed by atoms with Crippen molar-refractivity contribution in [2.75, 3.05) is 11.5 Å². The predicted octanol–water partition coefficient (Wildman–Crippen LogP) is 6.50. The van der Waals surface area contributed by atoms with Gasteiger partial charge < -0.3 is 4.74 Å². The van der Waals surface area contributed by atoms with Crippen LogP contribution >= 0.6 is 46.7 Å². The van der Waals surface area contributed by atoms with Gasteiger partial charge in [-0.3, -0.25) is 4.79 Å². The van der Waals surface area contributed by atoms with Crippen molar-refractivity contribution >= 4 is 52.7 Å². The van der Waals surface area contributed by atoms with Gasteiger partial charge in [-0.15, -0.1) is 23.5 Å². The molecule has 152 valence electrons. The molecule has 3 rings (SSSR count). The minimum Gasteiger partial charge on any atom is -0.460 e. The molecule has 1 aliphatic heterocycles. The fourth-order valence-corrected chi connectivity index (χ4v) is 6.33. The number of thioether (sulfide) groups is 2. The number of ether oxygens (including phenoxy) is 1. The first kappa shape index (κ1) is 22.4. The summed E-state index contributed by atoms with van der Waals surface area (Å²) in [6.07, 6.45) is -0.236. The second-order valence-electron chi connectivity index (χ2n) is 7.19. The van der Waals surface area contributed by atoms with E-state index in [1.54, 1.807) is 24.3 Å². The number of nitriles is 1. The minimum atomic E-state index is -0.707. The van der Waals surface area contributed by atoms with Crippen molar-refractivity contribution in [3.05, 3.63) is 69.7 Å². The number of halogens is 2. The Labute approximate surface area is 190 Å². The SMILES string of the molecule is CC(C)C(C(=O)OC1CSC(C#N)(c2ccc(Cl)cc2)SC1)c1ccc(Cl)cc1. The fourth-order valence-electron chi connectivity index (χ4n) is 3.24. The minimum absolute atomic E-state index is 0.0971. The summed E-state index contributed by atoms with van der Waals surface area (Å²) in [5.74, 6) is 0.659. The van der Waals surface area contributed by atoms with Crippen molar-refractivity contribution in [1.82, 2.24) is 0 Å². The average molecular weight is 466 g/mol. The zero-order valence-corrected chi connectivity index (χ0v) is 19.2. The number of esters is 1. The summed E-state index contributed by atoms with van der Waals surface area (Å²) in [7, 11) is 0. The van der Waals surface area contributed by atoms with Crippen LogP contribution in [0.1, 0.15) is 30.9 Å². The lowest BCUT2D eigenvalue weighted by Crippen LogP contribution is -2.35. The van der Waals surface area contributed by atoms with Gasteiger partial charge in [0, 0.05) is 21.6 Å². The summed E-state index contributed by atoms with van der Waals surface area (Å²) in [5, 5.41) is 11.1. The molecular weight excluding hydrogens is 445 g/mol. The Morgan fingerprint density at radius 1 is 1.07 bits per heavy atom. The Bertz CT molecular complexity index is 887. The van der Waals surface area contributed by atoms with Crippen LogP contribution < -0.4 is 0 Å². The third kappa shape index (κ3) is 5.24. The molecule has 1 fully saturated rings. The smallest absolute Gasteiger partial charge is 0.314 e. The Hall–Kier alpha value is -1.32. The molecule has 3 nitrogen and oxygen atoms in total. The van der Waals surface area contributed by atoms with Gasteiger partial charge in [0.2, 0.25) is 0 Å². The topological polar surface area (TPSA) is 50.1 Å². The van der Waals surface area contributed by atoms with Gasteiger partial charge >= 0.3 is 5.97 Å². The Kier molecular flexibility index (Phi) is 7.45. The van der Waals surface area contributed by atoms with Crippen molar-refractivity contribution in [1.29, 1.82) is 5.26 Å². The fraction of sp³-hybridized carbons (Fsp3) is 0.364. The van der Waals surface area contributed by atoms with Gasteiger partial charge in [-0.1, -0.05) is 61.3 Å². The summed E-state index contributed by atoms with van der Waals surface area (Å²) in [4.78, 5) is 12.9. The predicted molar refractivity (Wildman–Crippen MR) is 123 cm³/mol. The van der Waals surface area contributed by atoms with Crippen LogP contribution in [0.4, 0.5) is 0 Å². The van der Waals surface area contributed by atoms with Gasteiger partial charge in [0.05, 0.1) is 12.0 Å². The molecule has 1 atom stereocenters. The highest BCUT2D eigenvalue weighted by Gasteiger charge is 2.40. The molecule has 7 heteroatoms. The molecule has 2 aromatic carbocycles. The second-order valence-corrected chi connectivity index (χ2v) is 10.8. The van der Waals surface area contributed by atoms with Gasteiger partial charge in [-0.2, -0.15) is 5.26 Å². The highest BCUT2D eigenvalue weighted by Crippen LogP contribution is 2.50. The molecule has 2 aromatic rings. The molecular formula is C22H21Cl2NO2S2. The quantitative estimate of drug-likeness (QED) is 0.471. The largest absolute Gasteiger partial charge is 0.460 e. The average Bonchev–Trinajstić information content (AvgIpc) is 2.71. The highest BCUT2D eigenvalue weighted by molar-refractivity contribution is 8.18. The van der Waals surface area contributed by atoms with E-state index in [9.17, 15) is 10.1 Å². The van der Waals surface area contributed by atoms with Gasteiger partial charge in [-0.05, 0) is 41.3 Å². The lowest BCUT2D eigenvalue weighted by molar-refractivity contribution is -0.150. The third-order valence-electron chi connectivity index (χ3n) is 4.75. The molecule has 0 aromatic heterocycles. The van der Waals surface area contributed by atoms with Crippen LogP contribution in [0.3, 0.4) is 0 Å². The second kappa shape index (κ2) is 9.66. The number of nitrogens with zero attached hydrogens (tertiary/aromatic N) is 1. The number of hydrogen-bond donors (Lipinski definition) is 0. The van der Waals surface area contributed by atoms with Crippen molar-refractivity contribution in [3.63, 3.8) is 0 Å². The molecule has 1 heterocycles. The van der Waals surface area contributed by atoms with Crippen LogP contribution in [-0.4, -0.2) is 23.6 Å². The summed E-state index contributed by atoms with van der Waals surface area (Å²) < 4.78 is 5.14. The Morgan fingerprint density at radius 3 is 2.07 bits per heavy atom. The van der Waals surface area contributed by atoms with Crippen molar-refractivity contribution < 1.29 is 9.53 Å². The molecule has 1 aliphatic rings. The lowest BCUT2D eigenvalue weighted by Gasteiger charge is -2.34. The summed E-state index contributed by atoms with van der Waals surface area (Å²) >= 11 is 15.0. The molecule has 29 heavy (non-hydrogen) atoms. The van der Waals surface area contributed by atoms with Gasteiger partial charge in [0.15, 0.2) is 4.08 Å². The monoisotopic (exact) mass is 465 g/mol. The standard InChI is InChI=1S/C22H21Cl2NO2S2/c1-14(2)20(15-3-7-17(23)8-4-15)21(26)27-19-11-28-22(13-25,29-12-19)16-5-9-18(24)10-6-16/h3-10,14,19-20H,11-12H2,1-2H3. The summed E-state index contributed by atoms with van der Waals surface area (Å²) in [5.41, 5.74) is 1.81. The van der Waals surface area contributed by atoms with E-state index in [0.29, 0.717) is 21.6 Å². The molecule has 0 N–H and O–H groups in total. The first-order valence-corrected chi connectivity index (χ1v) is 12.0. The van der Waals surface area contributed by atoms with Crippen LogP contribution in [0.5, 0.6) is 0 Å². The Morgan fingerprint density at radius 2 is 1.59 bits per heavy atom. The van der Waals surface area contributed by atoms with Crippen LogP contribution in [-0.2, 0) is 13.6 Å². The van der Waals surface area contributed by atoms with E-state index >= 15 is 0 Å². The Balaban J connectivity index is 1.67. The van der Waals surface area contributed by atoms with Crippen LogP contribution in [0.15, 0.2) is 48.5 Å². The highest BCUT2D eigenvalue weighted by atomic mass is 35.5. The molecule has 0 radical (unpaired) electrons. The van der Waals surface area contributed by atoms with Gasteiger partial charge in [0.25, 0.3) is 0 Å². The van der Waals surface area contributed by atoms with Crippen LogP contribution in [0.2, 0.25) is 10.0 Å². The van der Waals surface area contributed by atoms with E-state index in [1.165, 1.54) is 23.5 Å². The maximum Gasteiger partial charge on any atom is 0.314 e. The van der Waals surface area contributed by atoms with E-state index in [4.69, 9.17) is 27.9 Å². The van der Waals surface area contributed by atoms with Gasteiger partial charge in [-0.25, -0.2) is 0 Å². The third-order valence-corrected chi connectivity index (χ3v) is 8.50. The van der Waals surface area contributed by atoms with Gasteiger partial charge in [0.1, 0.15) is 6.10 Å². The van der Waals surface area contributed by atoms with Crippen molar-refractivity contribution in [2.45, 2.75) is 29.9 Å². The summed E-state index contributed by atoms with van der Waals surface area (Å²) in [6.45, 7) is 4.01. The van der Waals surface area contributed by atoms with E-state index in [2.05, 4.69) is 6.07 Å². The van der Waals surface area contributed by atoms with Crippen molar-refractivity contribution in [3.8, 4) is 6.07 Å². The van der Waals surface area contributed by atoms with E-state index in [-0.39, 0.29) is 23.9 Å². The molecule has 1 unspecified atom stereocenters. The molecule has 0 amide bonds. The maximum absolute atomic E-state index is 12.9. The number of hydrogen-bond acceptors (Lipinski definition) is 5. The lowest BCUT2D eigenvalue weighted by atomic mass is 9.88. The zero-order chi connectivity index (χ0) is 21.0. The van der Waals surface area contributed by atoms with Crippen molar-refractivity contribution in [2.24, 2.45) is 5.92 Å².